The van der Waals surface area contributed by atoms with E-state index in [0.29, 0.717) is 22.9 Å². The van der Waals surface area contributed by atoms with Gasteiger partial charge in [-0.25, -0.2) is 9.69 Å². The number of amides is 4. The van der Waals surface area contributed by atoms with E-state index in [0.717, 1.165) is 10.5 Å². The Morgan fingerprint density at radius 2 is 1.90 bits per heavy atom. The van der Waals surface area contributed by atoms with E-state index in [1.165, 1.54) is 13.3 Å². The van der Waals surface area contributed by atoms with Gasteiger partial charge in [-0.15, -0.1) is 0 Å². The summed E-state index contributed by atoms with van der Waals surface area (Å²) in [5, 5.41) is 2.19. The van der Waals surface area contributed by atoms with E-state index in [9.17, 15) is 14.4 Å². The molecule has 9 heteroatoms. The Balaban J connectivity index is 1.50. The smallest absolute Gasteiger partial charge is 0.335 e. The van der Waals surface area contributed by atoms with Crippen molar-refractivity contribution in [2.24, 2.45) is 10.9 Å². The van der Waals surface area contributed by atoms with Gasteiger partial charge < -0.3 is 14.2 Å². The van der Waals surface area contributed by atoms with Crippen molar-refractivity contribution >= 4 is 29.7 Å². The summed E-state index contributed by atoms with van der Waals surface area (Å²) in [6.45, 7) is 0.415. The molecule has 4 amide bonds. The van der Waals surface area contributed by atoms with Crippen molar-refractivity contribution in [3.8, 4) is 17.2 Å². The summed E-state index contributed by atoms with van der Waals surface area (Å²) in [6, 6.07) is 10.9. The zero-order chi connectivity index (χ0) is 20.4. The van der Waals surface area contributed by atoms with Gasteiger partial charge in [0.15, 0.2) is 17.4 Å². The highest BCUT2D eigenvalue weighted by Crippen LogP contribution is 2.32. The second kappa shape index (κ2) is 7.63. The third kappa shape index (κ3) is 3.62. The number of anilines is 1. The normalized spacial score (nSPS) is 18.3. The highest BCUT2D eigenvalue weighted by atomic mass is 16.7. The van der Waals surface area contributed by atoms with Crippen LogP contribution in [0.5, 0.6) is 17.2 Å². The fourth-order valence-electron chi connectivity index (χ4n) is 3.00. The third-order valence-electron chi connectivity index (χ3n) is 4.50. The van der Waals surface area contributed by atoms with E-state index in [4.69, 9.17) is 14.2 Å². The van der Waals surface area contributed by atoms with Crippen molar-refractivity contribution in [3.05, 3.63) is 48.0 Å². The van der Waals surface area contributed by atoms with Crippen LogP contribution in [0.3, 0.4) is 0 Å². The van der Waals surface area contributed by atoms with Gasteiger partial charge in [-0.05, 0) is 42.0 Å². The van der Waals surface area contributed by atoms with Crippen molar-refractivity contribution in [2.45, 2.75) is 6.54 Å². The van der Waals surface area contributed by atoms with Gasteiger partial charge in [0.25, 0.3) is 5.91 Å². The molecule has 1 fully saturated rings. The van der Waals surface area contributed by atoms with Crippen LogP contribution in [0, 0.1) is 5.92 Å². The van der Waals surface area contributed by atoms with Crippen LogP contribution in [-0.4, -0.2) is 38.0 Å². The molecule has 0 unspecified atom stereocenters. The minimum absolute atomic E-state index is 0.175. The molecule has 2 aliphatic heterocycles. The van der Waals surface area contributed by atoms with Crippen LogP contribution in [0.15, 0.2) is 47.5 Å². The highest BCUT2D eigenvalue weighted by Gasteiger charge is 2.40. The maximum atomic E-state index is 12.8. The molecule has 0 bridgehead atoms. The Kier molecular flexibility index (Phi) is 4.86. The summed E-state index contributed by atoms with van der Waals surface area (Å²) in [7, 11) is 1.51. The summed E-state index contributed by atoms with van der Waals surface area (Å²) in [5.41, 5.74) is 1.16. The van der Waals surface area contributed by atoms with Gasteiger partial charge in [-0.2, -0.15) is 0 Å². The minimum atomic E-state index is -1.20. The van der Waals surface area contributed by atoms with Crippen LogP contribution >= 0.6 is 0 Å². The lowest BCUT2D eigenvalue weighted by Gasteiger charge is -2.28. The summed E-state index contributed by atoms with van der Waals surface area (Å²) < 4.78 is 15.6. The second-order valence-electron chi connectivity index (χ2n) is 6.32. The van der Waals surface area contributed by atoms with Crippen LogP contribution in [0.25, 0.3) is 0 Å². The molecular formula is C20H17N3O6. The molecule has 0 spiro atoms. The fraction of sp³-hybridized carbons (Fsp3) is 0.200. The molecule has 1 saturated heterocycles. The van der Waals surface area contributed by atoms with Gasteiger partial charge in [0.1, 0.15) is 5.75 Å². The number of ether oxygens (including phenoxy) is 3. The SMILES string of the molecule is COc1ccc(N2C(=O)NC(=O)[C@@H](C=NCc3ccc4c(c3)OCO4)C2=O)cc1. The summed E-state index contributed by atoms with van der Waals surface area (Å²) in [4.78, 5) is 42.3. The van der Waals surface area contributed by atoms with E-state index in [-0.39, 0.29) is 13.3 Å². The number of nitrogens with zero attached hydrogens (tertiary/aromatic N) is 2. The molecule has 2 aliphatic rings. The minimum Gasteiger partial charge on any atom is -0.497 e. The number of hydrogen-bond donors (Lipinski definition) is 1. The molecule has 2 aromatic rings. The van der Waals surface area contributed by atoms with Gasteiger partial charge in [0, 0.05) is 6.21 Å². The van der Waals surface area contributed by atoms with Crippen molar-refractivity contribution in [1.29, 1.82) is 0 Å². The molecule has 2 aromatic carbocycles. The lowest BCUT2D eigenvalue weighted by molar-refractivity contribution is -0.131. The van der Waals surface area contributed by atoms with Crippen molar-refractivity contribution in [3.63, 3.8) is 0 Å². The zero-order valence-electron chi connectivity index (χ0n) is 15.5. The van der Waals surface area contributed by atoms with E-state index in [2.05, 4.69) is 10.3 Å². The Bertz CT molecular complexity index is 1000. The van der Waals surface area contributed by atoms with Crippen LogP contribution in [0.1, 0.15) is 5.56 Å². The van der Waals surface area contributed by atoms with E-state index in [1.807, 2.05) is 6.07 Å². The summed E-state index contributed by atoms with van der Waals surface area (Å²) in [5.74, 6) is -0.716. The molecule has 4 rings (SSSR count). The number of carbonyl (C=O) groups is 3. The topological polar surface area (TPSA) is 107 Å². The number of urea groups is 1. The van der Waals surface area contributed by atoms with Gasteiger partial charge in [-0.3, -0.25) is 19.9 Å². The number of barbiturate groups is 1. The maximum Gasteiger partial charge on any atom is 0.335 e. The van der Waals surface area contributed by atoms with Gasteiger partial charge in [0.2, 0.25) is 12.7 Å². The molecule has 1 atom stereocenters. The molecular weight excluding hydrogens is 378 g/mol. The first-order valence-electron chi connectivity index (χ1n) is 8.78. The fourth-order valence-corrected chi connectivity index (χ4v) is 3.00. The van der Waals surface area contributed by atoms with Crippen LogP contribution < -0.4 is 24.4 Å². The Morgan fingerprint density at radius 3 is 2.66 bits per heavy atom. The maximum absolute atomic E-state index is 12.8. The summed E-state index contributed by atoms with van der Waals surface area (Å²) in [6.07, 6.45) is 1.26. The third-order valence-corrected chi connectivity index (χ3v) is 4.50. The molecule has 2 heterocycles. The summed E-state index contributed by atoms with van der Waals surface area (Å²) >= 11 is 0. The first-order valence-corrected chi connectivity index (χ1v) is 8.78. The Hall–Kier alpha value is -3.88. The molecule has 0 aromatic heterocycles. The van der Waals surface area contributed by atoms with Crippen molar-refractivity contribution in [2.75, 3.05) is 18.8 Å². The average molecular weight is 395 g/mol. The largest absolute Gasteiger partial charge is 0.497 e. The number of nitrogens with one attached hydrogen (secondary N) is 1. The zero-order valence-corrected chi connectivity index (χ0v) is 15.5. The predicted molar refractivity (Wildman–Crippen MR) is 102 cm³/mol. The Morgan fingerprint density at radius 1 is 1.14 bits per heavy atom. The number of rotatable bonds is 5. The lowest BCUT2D eigenvalue weighted by atomic mass is 10.1. The van der Waals surface area contributed by atoms with E-state index >= 15 is 0 Å². The number of hydrogen-bond acceptors (Lipinski definition) is 7. The quantitative estimate of drug-likeness (QED) is 0.612. The lowest BCUT2D eigenvalue weighted by Crippen LogP contribution is -2.58. The number of benzene rings is 2. The molecule has 0 saturated carbocycles. The van der Waals surface area contributed by atoms with E-state index in [1.54, 1.807) is 36.4 Å². The average Bonchev–Trinajstić information content (AvgIpc) is 3.18. The van der Waals surface area contributed by atoms with Crippen LogP contribution in [0.4, 0.5) is 10.5 Å². The molecule has 148 valence electrons. The van der Waals surface area contributed by atoms with Crippen LogP contribution in [-0.2, 0) is 16.1 Å². The number of fused-ring (bicyclic) bond motifs is 1. The highest BCUT2D eigenvalue weighted by molar-refractivity contribution is 6.32. The van der Waals surface area contributed by atoms with Crippen molar-refractivity contribution in [1.82, 2.24) is 5.32 Å². The monoisotopic (exact) mass is 395 g/mol. The number of carbonyl (C=O) groups excluding carboxylic acids is 3. The van der Waals surface area contributed by atoms with Crippen LogP contribution in [0.2, 0.25) is 0 Å². The first kappa shape index (κ1) is 18.5. The molecule has 0 radical (unpaired) electrons. The molecule has 0 aliphatic carbocycles. The molecule has 1 N–H and O–H groups in total. The second-order valence-corrected chi connectivity index (χ2v) is 6.32. The van der Waals surface area contributed by atoms with Gasteiger partial charge in [-0.1, -0.05) is 6.07 Å². The van der Waals surface area contributed by atoms with Gasteiger partial charge in [0.05, 0.1) is 19.3 Å². The van der Waals surface area contributed by atoms with Gasteiger partial charge >= 0.3 is 6.03 Å². The standard InChI is InChI=1S/C20H17N3O6/c1-27-14-5-3-13(4-6-14)23-19(25)15(18(24)22-20(23)26)10-21-9-12-2-7-16-17(8-12)29-11-28-16/h2-8,10,15H,9,11H2,1H3,(H,22,24,26)/t15-/m1/s1. The number of imide groups is 2. The number of methoxy groups -OCH3 is 1. The Labute approximate surface area is 165 Å². The number of aliphatic imine (C=N–C) groups is 1. The predicted octanol–water partition coefficient (Wildman–Crippen LogP) is 1.89. The molecule has 9 nitrogen and oxygen atoms in total. The molecule has 29 heavy (non-hydrogen) atoms. The van der Waals surface area contributed by atoms with Crippen molar-refractivity contribution < 1.29 is 28.6 Å². The van der Waals surface area contributed by atoms with E-state index < -0.39 is 23.8 Å². The first-order chi connectivity index (χ1) is 14.1.